The smallest absolute Gasteiger partial charge is 0.321 e. The number of piperazine rings is 1. The number of anilines is 2. The molecule has 1 aliphatic heterocycles. The highest BCUT2D eigenvalue weighted by Crippen LogP contribution is 2.26. The number of hydrogen-bond acceptors (Lipinski definition) is 7. The van der Waals surface area contributed by atoms with E-state index in [1.165, 1.54) is 35.6 Å². The quantitative estimate of drug-likeness (QED) is 0.487. The summed E-state index contributed by atoms with van der Waals surface area (Å²) in [6, 6.07) is 10.6. The van der Waals surface area contributed by atoms with Crippen molar-refractivity contribution in [1.29, 1.82) is 0 Å². The van der Waals surface area contributed by atoms with Gasteiger partial charge in [-0.25, -0.2) is 4.79 Å². The molecule has 0 saturated carbocycles. The van der Waals surface area contributed by atoms with E-state index in [1.807, 2.05) is 11.0 Å². The average molecular weight is 446 g/mol. The summed E-state index contributed by atoms with van der Waals surface area (Å²) in [6.45, 7) is 1.99. The van der Waals surface area contributed by atoms with Crippen LogP contribution >= 0.6 is 22.9 Å². The summed E-state index contributed by atoms with van der Waals surface area (Å²) in [5.41, 5.74) is 0.131. The molecule has 0 spiro atoms. The second kappa shape index (κ2) is 8.25. The van der Waals surface area contributed by atoms with Gasteiger partial charge in [-0.3, -0.25) is 14.9 Å². The van der Waals surface area contributed by atoms with E-state index < -0.39 is 4.92 Å². The van der Waals surface area contributed by atoms with Gasteiger partial charge in [-0.1, -0.05) is 22.9 Å². The Morgan fingerprint density at radius 2 is 1.83 bits per heavy atom. The predicted octanol–water partition coefficient (Wildman–Crippen LogP) is 3.57. The van der Waals surface area contributed by atoms with Crippen LogP contribution in [0.15, 0.2) is 47.3 Å². The SMILES string of the molecule is O=C(Nc1ccc([N+](=O)[O-])cc1)N1CCN(c2nc(=O)c3cc(Cl)ccc3s2)CC1. The Morgan fingerprint density at radius 1 is 1.13 bits per heavy atom. The van der Waals surface area contributed by atoms with Gasteiger partial charge in [0.05, 0.1) is 10.3 Å². The van der Waals surface area contributed by atoms with Crippen molar-refractivity contribution >= 4 is 55.6 Å². The maximum atomic E-state index is 12.5. The molecule has 1 fully saturated rings. The Balaban J connectivity index is 1.40. The van der Waals surface area contributed by atoms with Crippen LogP contribution in [0.3, 0.4) is 0 Å². The van der Waals surface area contributed by atoms with Crippen LogP contribution < -0.4 is 15.8 Å². The highest BCUT2D eigenvalue weighted by Gasteiger charge is 2.23. The summed E-state index contributed by atoms with van der Waals surface area (Å²) < 4.78 is 0.813. The number of nitrogens with zero attached hydrogens (tertiary/aromatic N) is 4. The van der Waals surface area contributed by atoms with Gasteiger partial charge in [0.15, 0.2) is 5.13 Å². The van der Waals surface area contributed by atoms with Gasteiger partial charge in [-0.2, -0.15) is 4.98 Å². The van der Waals surface area contributed by atoms with E-state index in [0.29, 0.717) is 47.4 Å². The standard InChI is InChI=1S/C19H16ClN5O4S/c20-12-1-6-16-15(11-12)17(26)22-19(30-16)24-9-7-23(8-10-24)18(27)21-13-2-4-14(5-3-13)25(28)29/h1-6,11H,7-10H2,(H,21,27). The Hall–Kier alpha value is -3.24. The predicted molar refractivity (Wildman–Crippen MR) is 117 cm³/mol. The summed E-state index contributed by atoms with van der Waals surface area (Å²) in [6.07, 6.45) is 0. The molecule has 3 aromatic rings. The number of aromatic nitrogens is 1. The van der Waals surface area contributed by atoms with Gasteiger partial charge in [0.25, 0.3) is 11.2 Å². The number of carbonyl (C=O) groups excluding carboxylic acids is 1. The van der Waals surface area contributed by atoms with Crippen LogP contribution in [0.2, 0.25) is 5.02 Å². The first kappa shape index (κ1) is 20.0. The summed E-state index contributed by atoms with van der Waals surface area (Å²) >= 11 is 7.37. The minimum Gasteiger partial charge on any atom is -0.344 e. The lowest BCUT2D eigenvalue weighted by atomic mass is 10.3. The molecule has 2 aromatic carbocycles. The lowest BCUT2D eigenvalue weighted by Gasteiger charge is -2.34. The van der Waals surface area contributed by atoms with Crippen LogP contribution in [0, 0.1) is 10.1 Å². The fraction of sp³-hybridized carbons (Fsp3) is 0.211. The molecule has 1 N–H and O–H groups in total. The van der Waals surface area contributed by atoms with Crippen LogP contribution in [0.1, 0.15) is 0 Å². The molecule has 4 rings (SSSR count). The molecule has 1 aliphatic rings. The second-order valence-electron chi connectivity index (χ2n) is 6.65. The number of nitro benzene ring substituents is 1. The van der Waals surface area contributed by atoms with Crippen LogP contribution in [0.5, 0.6) is 0 Å². The van der Waals surface area contributed by atoms with Crippen molar-refractivity contribution in [1.82, 2.24) is 9.88 Å². The van der Waals surface area contributed by atoms with Gasteiger partial charge in [-0.05, 0) is 30.3 Å². The zero-order valence-corrected chi connectivity index (χ0v) is 17.2. The molecular weight excluding hydrogens is 430 g/mol. The van der Waals surface area contributed by atoms with E-state index in [0.717, 1.165) is 4.70 Å². The lowest BCUT2D eigenvalue weighted by Crippen LogP contribution is -2.50. The molecule has 11 heteroatoms. The van der Waals surface area contributed by atoms with Crippen molar-refractivity contribution in [2.45, 2.75) is 0 Å². The number of nitro groups is 1. The number of benzene rings is 2. The van der Waals surface area contributed by atoms with Crippen molar-refractivity contribution in [3.63, 3.8) is 0 Å². The summed E-state index contributed by atoms with van der Waals surface area (Å²) in [5.74, 6) is 0. The first-order valence-electron chi connectivity index (χ1n) is 9.06. The van der Waals surface area contributed by atoms with E-state index >= 15 is 0 Å². The molecule has 2 amide bonds. The third-order valence-electron chi connectivity index (χ3n) is 4.74. The van der Waals surface area contributed by atoms with Crippen molar-refractivity contribution in [3.05, 3.63) is 68.0 Å². The summed E-state index contributed by atoms with van der Waals surface area (Å²) in [5, 5.41) is 15.1. The number of amides is 2. The number of fused-ring (bicyclic) bond motifs is 1. The van der Waals surface area contributed by atoms with Crippen molar-refractivity contribution in [2.24, 2.45) is 0 Å². The van der Waals surface area contributed by atoms with E-state index in [1.54, 1.807) is 17.0 Å². The normalized spacial score (nSPS) is 14.0. The molecule has 0 unspecified atom stereocenters. The van der Waals surface area contributed by atoms with Crippen molar-refractivity contribution in [3.8, 4) is 0 Å². The molecule has 9 nitrogen and oxygen atoms in total. The topological polar surface area (TPSA) is 109 Å². The number of carbonyl (C=O) groups is 1. The molecule has 0 bridgehead atoms. The maximum absolute atomic E-state index is 12.5. The monoisotopic (exact) mass is 445 g/mol. The van der Waals surface area contributed by atoms with Gasteiger partial charge < -0.3 is 15.1 Å². The van der Waals surface area contributed by atoms with E-state index in [4.69, 9.17) is 11.6 Å². The number of halogens is 1. The zero-order chi connectivity index (χ0) is 21.3. The third kappa shape index (κ3) is 4.19. The number of nitrogens with one attached hydrogen (secondary N) is 1. The maximum Gasteiger partial charge on any atom is 0.321 e. The first-order valence-corrected chi connectivity index (χ1v) is 10.3. The summed E-state index contributed by atoms with van der Waals surface area (Å²) in [4.78, 5) is 42.8. The van der Waals surface area contributed by atoms with Gasteiger partial charge in [0.1, 0.15) is 0 Å². The minimum absolute atomic E-state index is 0.0363. The molecule has 1 aromatic heterocycles. The lowest BCUT2D eigenvalue weighted by molar-refractivity contribution is -0.384. The molecule has 30 heavy (non-hydrogen) atoms. The Morgan fingerprint density at radius 3 is 2.50 bits per heavy atom. The third-order valence-corrected chi connectivity index (χ3v) is 6.08. The zero-order valence-electron chi connectivity index (χ0n) is 15.6. The largest absolute Gasteiger partial charge is 0.344 e. The minimum atomic E-state index is -0.492. The van der Waals surface area contributed by atoms with Gasteiger partial charge in [0, 0.05) is 53.7 Å². The number of rotatable bonds is 3. The van der Waals surface area contributed by atoms with Gasteiger partial charge in [0.2, 0.25) is 0 Å². The van der Waals surface area contributed by atoms with Crippen LogP contribution in [0.4, 0.5) is 21.3 Å². The Kier molecular flexibility index (Phi) is 5.51. The highest BCUT2D eigenvalue weighted by atomic mass is 35.5. The van der Waals surface area contributed by atoms with Crippen LogP contribution in [0.25, 0.3) is 10.1 Å². The molecule has 1 saturated heterocycles. The Bertz CT molecular complexity index is 1180. The summed E-state index contributed by atoms with van der Waals surface area (Å²) in [7, 11) is 0. The number of urea groups is 1. The average Bonchev–Trinajstić information content (AvgIpc) is 2.74. The highest BCUT2D eigenvalue weighted by molar-refractivity contribution is 7.21. The molecule has 0 aliphatic carbocycles. The fourth-order valence-electron chi connectivity index (χ4n) is 3.13. The van der Waals surface area contributed by atoms with E-state index in [9.17, 15) is 19.7 Å². The first-order chi connectivity index (χ1) is 14.4. The van der Waals surface area contributed by atoms with E-state index in [-0.39, 0.29) is 17.3 Å². The van der Waals surface area contributed by atoms with Crippen LogP contribution in [-0.4, -0.2) is 47.0 Å². The molecular formula is C19H16ClN5O4S. The number of non-ortho nitro benzene ring substituents is 1. The molecule has 0 atom stereocenters. The fourth-order valence-corrected chi connectivity index (χ4v) is 4.33. The molecule has 0 radical (unpaired) electrons. The van der Waals surface area contributed by atoms with Gasteiger partial charge in [-0.15, -0.1) is 0 Å². The number of hydrogen-bond donors (Lipinski definition) is 1. The Labute approximate surface area is 179 Å². The van der Waals surface area contributed by atoms with Crippen molar-refractivity contribution < 1.29 is 9.72 Å². The van der Waals surface area contributed by atoms with Gasteiger partial charge >= 0.3 is 6.03 Å². The van der Waals surface area contributed by atoms with Crippen molar-refractivity contribution in [2.75, 3.05) is 36.4 Å². The molecule has 2 heterocycles. The van der Waals surface area contributed by atoms with Crippen LogP contribution in [-0.2, 0) is 0 Å². The molecule has 154 valence electrons. The van der Waals surface area contributed by atoms with E-state index in [2.05, 4.69) is 10.3 Å². The second-order valence-corrected chi connectivity index (χ2v) is 8.10.